The Morgan fingerprint density at radius 2 is 1.88 bits per heavy atom. The molecule has 2 fully saturated rings. The van der Waals surface area contributed by atoms with Crippen LogP contribution >= 0.6 is 0 Å². The molecule has 0 radical (unpaired) electrons. The van der Waals surface area contributed by atoms with Crippen molar-refractivity contribution in [2.75, 3.05) is 31.5 Å². The predicted octanol–water partition coefficient (Wildman–Crippen LogP) is 5.53. The largest absolute Gasteiger partial charge is 0.355 e. The van der Waals surface area contributed by atoms with Crippen molar-refractivity contribution in [3.05, 3.63) is 65.9 Å². The van der Waals surface area contributed by atoms with Crippen LogP contribution in [0.5, 0.6) is 0 Å². The molecule has 2 heterocycles. The van der Waals surface area contributed by atoms with Crippen molar-refractivity contribution >= 4 is 28.2 Å². The number of rotatable bonds is 6. The second kappa shape index (κ2) is 9.92. The molecule has 2 aromatic carbocycles. The number of fused-ring (bicyclic) bond motifs is 2. The third-order valence-corrected chi connectivity index (χ3v) is 7.34. The number of aromatic nitrogens is 1. The van der Waals surface area contributed by atoms with E-state index >= 15 is 0 Å². The van der Waals surface area contributed by atoms with E-state index in [1.54, 1.807) is 0 Å². The number of likely N-dealkylation sites (tertiary alicyclic amines) is 1. The first-order chi connectivity index (χ1) is 16.2. The van der Waals surface area contributed by atoms with Gasteiger partial charge in [0.15, 0.2) is 0 Å². The van der Waals surface area contributed by atoms with Crippen molar-refractivity contribution in [1.29, 1.82) is 0 Å². The fourth-order valence-corrected chi connectivity index (χ4v) is 5.61. The van der Waals surface area contributed by atoms with E-state index in [9.17, 15) is 4.79 Å². The van der Waals surface area contributed by atoms with E-state index in [-0.39, 0.29) is 5.91 Å². The summed E-state index contributed by atoms with van der Waals surface area (Å²) >= 11 is 0. The Morgan fingerprint density at radius 3 is 2.79 bits per heavy atom. The molecule has 5 nitrogen and oxygen atoms in total. The van der Waals surface area contributed by atoms with Gasteiger partial charge in [-0.05, 0) is 68.5 Å². The normalized spacial score (nSPS) is 20.9. The van der Waals surface area contributed by atoms with Gasteiger partial charge in [-0.3, -0.25) is 9.78 Å². The van der Waals surface area contributed by atoms with E-state index < -0.39 is 0 Å². The summed E-state index contributed by atoms with van der Waals surface area (Å²) in [5.41, 5.74) is 4.51. The Hall–Kier alpha value is -2.92. The van der Waals surface area contributed by atoms with E-state index in [4.69, 9.17) is 0 Å². The van der Waals surface area contributed by atoms with Crippen LogP contribution in [0.15, 0.2) is 54.6 Å². The smallest absolute Gasteiger partial charge is 0.251 e. The van der Waals surface area contributed by atoms with Gasteiger partial charge in [-0.1, -0.05) is 43.5 Å². The Labute approximate surface area is 196 Å². The van der Waals surface area contributed by atoms with Gasteiger partial charge in [-0.25, -0.2) is 0 Å². The molecule has 1 saturated heterocycles. The first kappa shape index (κ1) is 21.9. The molecular weight excluding hydrogens is 408 g/mol. The summed E-state index contributed by atoms with van der Waals surface area (Å²) in [4.78, 5) is 20.0. The van der Waals surface area contributed by atoms with Crippen molar-refractivity contribution in [3.63, 3.8) is 0 Å². The molecular formula is C28H34N4O. The molecule has 0 spiro atoms. The fourth-order valence-electron chi connectivity index (χ4n) is 5.61. The summed E-state index contributed by atoms with van der Waals surface area (Å²) in [6, 6.07) is 17.9. The highest BCUT2D eigenvalue weighted by Crippen LogP contribution is 2.35. The molecule has 2 N–H and O–H groups in total. The second-order valence-corrected chi connectivity index (χ2v) is 9.68. The highest BCUT2D eigenvalue weighted by Gasteiger charge is 2.30. The maximum absolute atomic E-state index is 12.8. The molecule has 33 heavy (non-hydrogen) atoms. The minimum Gasteiger partial charge on any atom is -0.355 e. The zero-order chi connectivity index (χ0) is 22.6. The van der Waals surface area contributed by atoms with Crippen LogP contribution in [0.25, 0.3) is 10.9 Å². The van der Waals surface area contributed by atoms with Crippen molar-refractivity contribution in [2.24, 2.45) is 11.8 Å². The number of nitrogens with zero attached hydrogens (tertiary/aromatic N) is 2. The number of piperidine rings is 1. The minimum atomic E-state index is -0.0121. The zero-order valence-electron chi connectivity index (χ0n) is 19.5. The summed E-state index contributed by atoms with van der Waals surface area (Å²) < 4.78 is 0. The fraction of sp³-hybridized carbons (Fsp3) is 0.429. The standard InChI is InChI=1S/C28H34N4O/c1-20-17-27(25-11-4-5-12-26(25)30-20)31-24-10-6-9-22(18-24)28(33)29-14-16-32-15-13-21-7-2-3-8-23(21)19-32/h4-6,9-12,17-18,21,23H,2-3,7-8,13-16,19H2,1H3,(H,29,33)(H,30,31)/t21-,23?/m1/s1. The number of para-hydroxylation sites is 1. The van der Waals surface area contributed by atoms with Crippen LogP contribution in [-0.2, 0) is 0 Å². The molecule has 1 aromatic heterocycles. The van der Waals surface area contributed by atoms with Crippen LogP contribution in [0.1, 0.15) is 48.2 Å². The number of carbonyl (C=O) groups excluding carboxylic acids is 1. The van der Waals surface area contributed by atoms with Gasteiger partial charge in [0.2, 0.25) is 0 Å². The van der Waals surface area contributed by atoms with Crippen molar-refractivity contribution < 1.29 is 4.79 Å². The lowest BCUT2D eigenvalue weighted by Crippen LogP contribution is -2.44. The molecule has 172 valence electrons. The zero-order valence-corrected chi connectivity index (χ0v) is 19.5. The lowest BCUT2D eigenvalue weighted by Gasteiger charge is -2.41. The van der Waals surface area contributed by atoms with E-state index in [1.807, 2.05) is 55.5 Å². The first-order valence-electron chi connectivity index (χ1n) is 12.4. The Kier molecular flexibility index (Phi) is 6.58. The lowest BCUT2D eigenvalue weighted by atomic mass is 9.75. The summed E-state index contributed by atoms with van der Waals surface area (Å²) in [6.45, 7) is 6.02. The molecule has 2 aliphatic rings. The quantitative estimate of drug-likeness (QED) is 0.527. The van der Waals surface area contributed by atoms with E-state index in [0.717, 1.165) is 46.4 Å². The average Bonchev–Trinajstić information content (AvgIpc) is 2.84. The summed E-state index contributed by atoms with van der Waals surface area (Å²) in [5.74, 6) is 1.81. The molecule has 1 amide bonds. The predicted molar refractivity (Wildman–Crippen MR) is 135 cm³/mol. The average molecular weight is 443 g/mol. The van der Waals surface area contributed by atoms with Crippen LogP contribution in [-0.4, -0.2) is 42.0 Å². The Morgan fingerprint density at radius 1 is 1.03 bits per heavy atom. The van der Waals surface area contributed by atoms with E-state index in [0.29, 0.717) is 12.1 Å². The molecule has 0 bridgehead atoms. The number of hydrogen-bond donors (Lipinski definition) is 2. The van der Waals surface area contributed by atoms with Gasteiger partial charge in [0.1, 0.15) is 0 Å². The minimum absolute atomic E-state index is 0.0121. The third-order valence-electron chi connectivity index (χ3n) is 7.34. The Bertz CT molecular complexity index is 1130. The number of nitrogens with one attached hydrogen (secondary N) is 2. The molecule has 5 heteroatoms. The number of pyridine rings is 1. The van der Waals surface area contributed by atoms with Crippen LogP contribution in [0.2, 0.25) is 0 Å². The van der Waals surface area contributed by atoms with Gasteiger partial charge in [0.05, 0.1) is 5.52 Å². The first-order valence-corrected chi connectivity index (χ1v) is 12.4. The Balaban J connectivity index is 1.19. The maximum atomic E-state index is 12.8. The topological polar surface area (TPSA) is 57.3 Å². The molecule has 1 aliphatic heterocycles. The summed E-state index contributed by atoms with van der Waals surface area (Å²) in [6.07, 6.45) is 6.96. The van der Waals surface area contributed by atoms with Gasteiger partial charge in [-0.2, -0.15) is 0 Å². The third kappa shape index (κ3) is 5.19. The second-order valence-electron chi connectivity index (χ2n) is 9.68. The van der Waals surface area contributed by atoms with Crippen molar-refractivity contribution in [3.8, 4) is 0 Å². The number of carbonyl (C=O) groups is 1. The maximum Gasteiger partial charge on any atom is 0.251 e. The van der Waals surface area contributed by atoms with Crippen LogP contribution in [0.4, 0.5) is 11.4 Å². The highest BCUT2D eigenvalue weighted by atomic mass is 16.1. The molecule has 1 unspecified atom stereocenters. The number of anilines is 2. The van der Waals surface area contributed by atoms with Crippen LogP contribution < -0.4 is 10.6 Å². The van der Waals surface area contributed by atoms with E-state index in [2.05, 4.69) is 26.6 Å². The number of benzene rings is 2. The summed E-state index contributed by atoms with van der Waals surface area (Å²) in [5, 5.41) is 7.69. The SMILES string of the molecule is Cc1cc(Nc2cccc(C(=O)NCCN3CC[C@H]4CCCCC4C3)c2)c2ccccc2n1. The van der Waals surface area contributed by atoms with Gasteiger partial charge in [0.25, 0.3) is 5.91 Å². The summed E-state index contributed by atoms with van der Waals surface area (Å²) in [7, 11) is 0. The molecule has 3 aromatic rings. The number of aryl methyl sites for hydroxylation is 1. The number of hydrogen-bond acceptors (Lipinski definition) is 4. The van der Waals surface area contributed by atoms with Gasteiger partial charge < -0.3 is 15.5 Å². The van der Waals surface area contributed by atoms with Crippen LogP contribution in [0, 0.1) is 18.8 Å². The van der Waals surface area contributed by atoms with Gasteiger partial charge in [0, 0.05) is 47.7 Å². The molecule has 2 atom stereocenters. The highest BCUT2D eigenvalue weighted by molar-refractivity contribution is 5.96. The monoisotopic (exact) mass is 442 g/mol. The van der Waals surface area contributed by atoms with Crippen molar-refractivity contribution in [2.45, 2.75) is 39.0 Å². The van der Waals surface area contributed by atoms with Gasteiger partial charge in [-0.15, -0.1) is 0 Å². The molecule has 1 saturated carbocycles. The molecule has 1 aliphatic carbocycles. The lowest BCUT2D eigenvalue weighted by molar-refractivity contribution is 0.0833. The van der Waals surface area contributed by atoms with Crippen LogP contribution in [0.3, 0.4) is 0 Å². The van der Waals surface area contributed by atoms with E-state index in [1.165, 1.54) is 45.2 Å². The molecule has 5 rings (SSSR count). The van der Waals surface area contributed by atoms with Crippen molar-refractivity contribution in [1.82, 2.24) is 15.2 Å². The van der Waals surface area contributed by atoms with Gasteiger partial charge >= 0.3 is 0 Å². The number of amides is 1.